The Balaban J connectivity index is 1.91. The van der Waals surface area contributed by atoms with Crippen LogP contribution in [0.1, 0.15) is 5.56 Å². The maximum absolute atomic E-state index is 13.7. The van der Waals surface area contributed by atoms with Gasteiger partial charge in [-0.1, -0.05) is 6.07 Å². The zero-order valence-electron chi connectivity index (χ0n) is 12.5. The van der Waals surface area contributed by atoms with E-state index in [9.17, 15) is 4.39 Å². The highest BCUT2D eigenvalue weighted by molar-refractivity contribution is 6.09. The van der Waals surface area contributed by atoms with Crippen LogP contribution in [-0.4, -0.2) is 9.97 Å². The van der Waals surface area contributed by atoms with Crippen LogP contribution in [0.15, 0.2) is 61.1 Å². The second kappa shape index (κ2) is 5.32. The first-order valence-corrected chi connectivity index (χ1v) is 7.27. The summed E-state index contributed by atoms with van der Waals surface area (Å²) in [7, 11) is 0. The number of aromatic nitrogens is 2. The number of hydrogen-bond acceptors (Lipinski definition) is 3. The van der Waals surface area contributed by atoms with Crippen LogP contribution in [0.5, 0.6) is 11.6 Å². The molecule has 0 unspecified atom stereocenters. The molecule has 4 aromatic rings. The van der Waals surface area contributed by atoms with E-state index in [1.54, 1.807) is 36.8 Å². The smallest absolute Gasteiger partial charge is 0.219 e. The number of pyridine rings is 2. The van der Waals surface area contributed by atoms with E-state index in [2.05, 4.69) is 16.0 Å². The summed E-state index contributed by atoms with van der Waals surface area (Å²) in [4.78, 5) is 8.29. The largest absolute Gasteiger partial charge is 0.439 e. The first-order valence-electron chi connectivity index (χ1n) is 7.27. The van der Waals surface area contributed by atoms with E-state index in [0.717, 1.165) is 27.1 Å². The molecule has 4 heteroatoms. The summed E-state index contributed by atoms with van der Waals surface area (Å²) in [5, 5.41) is 3.77. The van der Waals surface area contributed by atoms with Crippen molar-refractivity contribution in [3.05, 3.63) is 72.4 Å². The van der Waals surface area contributed by atoms with E-state index in [1.165, 1.54) is 6.07 Å². The van der Waals surface area contributed by atoms with Gasteiger partial charge in [0.2, 0.25) is 5.88 Å². The highest BCUT2D eigenvalue weighted by Gasteiger charge is 2.08. The zero-order valence-corrected chi connectivity index (χ0v) is 12.5. The van der Waals surface area contributed by atoms with E-state index in [-0.39, 0.29) is 5.82 Å². The number of rotatable bonds is 2. The molecule has 2 heterocycles. The molecule has 3 nitrogen and oxygen atoms in total. The summed E-state index contributed by atoms with van der Waals surface area (Å²) in [5.41, 5.74) is 1.09. The highest BCUT2D eigenvalue weighted by Crippen LogP contribution is 2.31. The summed E-state index contributed by atoms with van der Waals surface area (Å²) < 4.78 is 19.4. The van der Waals surface area contributed by atoms with Gasteiger partial charge in [-0.3, -0.25) is 4.98 Å². The van der Waals surface area contributed by atoms with E-state index in [4.69, 9.17) is 4.74 Å². The standard InChI is InChI=1S/C19H13FN2O/c1-12-8-13-11-22-19(23-15-4-6-21-7-5-15)10-17(13)18-9-14(20)2-3-16(12)18/h2-11H,1H3. The molecular weight excluding hydrogens is 291 g/mol. The third-order valence-corrected chi connectivity index (χ3v) is 3.85. The van der Waals surface area contributed by atoms with Crippen LogP contribution in [-0.2, 0) is 0 Å². The SMILES string of the molecule is Cc1cc2cnc(Oc3ccncc3)cc2c2cc(F)ccc12. The molecule has 23 heavy (non-hydrogen) atoms. The van der Waals surface area contributed by atoms with Gasteiger partial charge in [0.05, 0.1) is 0 Å². The molecule has 0 aliphatic heterocycles. The van der Waals surface area contributed by atoms with Gasteiger partial charge in [-0.25, -0.2) is 9.37 Å². The summed E-state index contributed by atoms with van der Waals surface area (Å²) in [6, 6.07) is 12.3. The van der Waals surface area contributed by atoms with Gasteiger partial charge in [0.25, 0.3) is 0 Å². The maximum Gasteiger partial charge on any atom is 0.219 e. The molecule has 2 aromatic carbocycles. The van der Waals surface area contributed by atoms with E-state index < -0.39 is 0 Å². The van der Waals surface area contributed by atoms with Crippen molar-refractivity contribution in [2.45, 2.75) is 6.92 Å². The Morgan fingerprint density at radius 1 is 0.913 bits per heavy atom. The van der Waals surface area contributed by atoms with Crippen LogP contribution < -0.4 is 4.74 Å². The minimum Gasteiger partial charge on any atom is -0.439 e. The van der Waals surface area contributed by atoms with Gasteiger partial charge in [0.15, 0.2) is 0 Å². The minimum atomic E-state index is -0.252. The molecule has 0 radical (unpaired) electrons. The van der Waals surface area contributed by atoms with Gasteiger partial charge in [-0.15, -0.1) is 0 Å². The Hall–Kier alpha value is -3.01. The van der Waals surface area contributed by atoms with Crippen molar-refractivity contribution in [2.75, 3.05) is 0 Å². The Morgan fingerprint density at radius 2 is 1.74 bits per heavy atom. The topological polar surface area (TPSA) is 35.0 Å². The molecule has 0 amide bonds. The number of ether oxygens (including phenoxy) is 1. The van der Waals surface area contributed by atoms with Gasteiger partial charge in [-0.05, 0) is 59.0 Å². The van der Waals surface area contributed by atoms with Gasteiger partial charge in [-0.2, -0.15) is 0 Å². The van der Waals surface area contributed by atoms with E-state index >= 15 is 0 Å². The molecule has 0 spiro atoms. The Bertz CT molecular complexity index is 1020. The fourth-order valence-electron chi connectivity index (χ4n) is 2.77. The molecule has 4 rings (SSSR count). The van der Waals surface area contributed by atoms with Gasteiger partial charge in [0.1, 0.15) is 11.6 Å². The van der Waals surface area contributed by atoms with Crippen molar-refractivity contribution < 1.29 is 9.13 Å². The molecule has 2 aromatic heterocycles. The monoisotopic (exact) mass is 304 g/mol. The summed E-state index contributed by atoms with van der Waals surface area (Å²) >= 11 is 0. The average molecular weight is 304 g/mol. The minimum absolute atomic E-state index is 0.252. The predicted molar refractivity (Wildman–Crippen MR) is 88.3 cm³/mol. The lowest BCUT2D eigenvalue weighted by atomic mass is 9.99. The number of hydrogen-bond donors (Lipinski definition) is 0. The predicted octanol–water partition coefficient (Wildman–Crippen LogP) is 5.02. The van der Waals surface area contributed by atoms with Gasteiger partial charge < -0.3 is 4.74 Å². The van der Waals surface area contributed by atoms with Crippen molar-refractivity contribution >= 4 is 21.5 Å². The van der Waals surface area contributed by atoms with Crippen LogP contribution in [0.3, 0.4) is 0 Å². The fraction of sp³-hybridized carbons (Fsp3) is 0.0526. The molecule has 0 aliphatic rings. The average Bonchev–Trinajstić information content (AvgIpc) is 2.56. The van der Waals surface area contributed by atoms with Gasteiger partial charge in [0, 0.05) is 30.0 Å². The fourth-order valence-corrected chi connectivity index (χ4v) is 2.77. The number of benzene rings is 2. The lowest BCUT2D eigenvalue weighted by molar-refractivity contribution is 0.463. The number of fused-ring (bicyclic) bond motifs is 3. The molecule has 0 saturated heterocycles. The lowest BCUT2D eigenvalue weighted by Crippen LogP contribution is -1.90. The molecule has 0 N–H and O–H groups in total. The zero-order chi connectivity index (χ0) is 15.8. The second-order valence-corrected chi connectivity index (χ2v) is 5.41. The van der Waals surface area contributed by atoms with Gasteiger partial charge >= 0.3 is 0 Å². The quantitative estimate of drug-likeness (QED) is 0.488. The van der Waals surface area contributed by atoms with Crippen molar-refractivity contribution in [3.63, 3.8) is 0 Å². The first-order chi connectivity index (χ1) is 11.2. The van der Waals surface area contributed by atoms with Crippen molar-refractivity contribution in [1.29, 1.82) is 0 Å². The summed E-state index contributed by atoms with van der Waals surface area (Å²) in [6.45, 7) is 2.01. The number of aryl methyl sites for hydroxylation is 1. The Kier molecular flexibility index (Phi) is 3.15. The van der Waals surface area contributed by atoms with Crippen molar-refractivity contribution in [3.8, 4) is 11.6 Å². The Morgan fingerprint density at radius 3 is 2.57 bits per heavy atom. The maximum atomic E-state index is 13.7. The van der Waals surface area contributed by atoms with Crippen LogP contribution in [0.25, 0.3) is 21.5 Å². The van der Waals surface area contributed by atoms with Crippen LogP contribution in [0.4, 0.5) is 4.39 Å². The molecule has 112 valence electrons. The van der Waals surface area contributed by atoms with E-state index in [1.807, 2.05) is 19.1 Å². The summed E-state index contributed by atoms with van der Waals surface area (Å²) in [6.07, 6.45) is 5.07. The molecule has 0 bridgehead atoms. The molecule has 0 fully saturated rings. The van der Waals surface area contributed by atoms with Crippen molar-refractivity contribution in [2.24, 2.45) is 0 Å². The third-order valence-electron chi connectivity index (χ3n) is 3.85. The normalized spacial score (nSPS) is 11.0. The molecular formula is C19H13FN2O. The molecule has 0 atom stereocenters. The Labute approximate surface area is 132 Å². The highest BCUT2D eigenvalue weighted by atomic mass is 19.1. The van der Waals surface area contributed by atoms with Crippen LogP contribution in [0.2, 0.25) is 0 Å². The lowest BCUT2D eigenvalue weighted by Gasteiger charge is -2.10. The first kappa shape index (κ1) is 13.6. The van der Waals surface area contributed by atoms with Crippen LogP contribution in [0, 0.1) is 12.7 Å². The third kappa shape index (κ3) is 2.48. The van der Waals surface area contributed by atoms with E-state index in [0.29, 0.717) is 11.6 Å². The van der Waals surface area contributed by atoms with Crippen LogP contribution >= 0.6 is 0 Å². The number of halogens is 1. The molecule has 0 aliphatic carbocycles. The second-order valence-electron chi connectivity index (χ2n) is 5.41. The molecule has 0 saturated carbocycles. The number of nitrogens with zero attached hydrogens (tertiary/aromatic N) is 2. The van der Waals surface area contributed by atoms with Crippen molar-refractivity contribution in [1.82, 2.24) is 9.97 Å². The summed E-state index contributed by atoms with van der Waals surface area (Å²) in [5.74, 6) is 0.880.